The molecule has 4 nitrogen and oxygen atoms in total. The lowest BCUT2D eigenvalue weighted by Crippen LogP contribution is -2.24. The number of ether oxygens (including phenoxy) is 2. The van der Waals surface area contributed by atoms with Crippen molar-refractivity contribution >= 4 is 0 Å². The Bertz CT molecular complexity index is 245. The van der Waals surface area contributed by atoms with Crippen LogP contribution in [0.1, 0.15) is 38.5 Å². The highest BCUT2D eigenvalue weighted by Gasteiger charge is 2.22. The van der Waals surface area contributed by atoms with Crippen LogP contribution in [0, 0.1) is 5.92 Å². The van der Waals surface area contributed by atoms with E-state index in [1.54, 1.807) is 7.11 Å². The zero-order chi connectivity index (χ0) is 14.0. The summed E-state index contributed by atoms with van der Waals surface area (Å²) in [4.78, 5) is 2.55. The number of hydrogen-bond acceptors (Lipinski definition) is 4. The van der Waals surface area contributed by atoms with E-state index in [-0.39, 0.29) is 0 Å². The van der Waals surface area contributed by atoms with E-state index in [0.29, 0.717) is 0 Å². The Morgan fingerprint density at radius 3 is 2.95 bits per heavy atom. The van der Waals surface area contributed by atoms with Gasteiger partial charge >= 0.3 is 0 Å². The average Bonchev–Trinajstić information content (AvgIpc) is 3.10. The monoisotopic (exact) mass is 284 g/mol. The van der Waals surface area contributed by atoms with Crippen LogP contribution in [0.15, 0.2) is 0 Å². The van der Waals surface area contributed by atoms with Crippen LogP contribution in [-0.2, 0) is 9.47 Å². The van der Waals surface area contributed by atoms with Gasteiger partial charge in [0.15, 0.2) is 0 Å². The van der Waals surface area contributed by atoms with Gasteiger partial charge in [-0.25, -0.2) is 0 Å². The summed E-state index contributed by atoms with van der Waals surface area (Å²) < 4.78 is 11.0. The molecule has 0 bridgehead atoms. The molecule has 2 unspecified atom stereocenters. The lowest BCUT2D eigenvalue weighted by molar-refractivity contribution is 0.0960. The molecule has 1 N–H and O–H groups in total. The van der Waals surface area contributed by atoms with E-state index in [2.05, 4.69) is 10.2 Å². The van der Waals surface area contributed by atoms with Crippen molar-refractivity contribution in [3.63, 3.8) is 0 Å². The van der Waals surface area contributed by atoms with E-state index < -0.39 is 0 Å². The number of hydrogen-bond donors (Lipinski definition) is 1. The summed E-state index contributed by atoms with van der Waals surface area (Å²) in [5.41, 5.74) is 0. The minimum Gasteiger partial charge on any atom is -0.385 e. The van der Waals surface area contributed by atoms with E-state index in [0.717, 1.165) is 38.2 Å². The van der Waals surface area contributed by atoms with Crippen molar-refractivity contribution in [2.24, 2.45) is 5.92 Å². The Morgan fingerprint density at radius 2 is 2.15 bits per heavy atom. The van der Waals surface area contributed by atoms with Gasteiger partial charge in [0.05, 0.1) is 6.61 Å². The molecule has 0 amide bonds. The minimum atomic E-state index is 0.752. The smallest absolute Gasteiger partial charge is 0.0506 e. The van der Waals surface area contributed by atoms with Crippen LogP contribution in [0.3, 0.4) is 0 Å². The van der Waals surface area contributed by atoms with E-state index in [1.165, 1.54) is 58.3 Å². The second-order valence-electron chi connectivity index (χ2n) is 6.31. The molecule has 20 heavy (non-hydrogen) atoms. The third-order valence-corrected chi connectivity index (χ3v) is 4.55. The van der Waals surface area contributed by atoms with Crippen molar-refractivity contribution in [1.82, 2.24) is 10.2 Å². The van der Waals surface area contributed by atoms with E-state index in [1.807, 2.05) is 0 Å². The fraction of sp³-hybridized carbons (Fsp3) is 1.00. The molecule has 2 heterocycles. The molecule has 2 aliphatic rings. The maximum atomic E-state index is 5.87. The zero-order valence-electron chi connectivity index (χ0n) is 13.1. The average molecular weight is 284 g/mol. The van der Waals surface area contributed by atoms with Gasteiger partial charge in [-0.3, -0.25) is 0 Å². The molecule has 0 aromatic carbocycles. The van der Waals surface area contributed by atoms with E-state index in [9.17, 15) is 0 Å². The maximum absolute atomic E-state index is 5.87. The summed E-state index contributed by atoms with van der Waals surface area (Å²) in [6, 6.07) is 0.765. The molecule has 2 atom stereocenters. The highest BCUT2D eigenvalue weighted by atomic mass is 16.5. The van der Waals surface area contributed by atoms with Gasteiger partial charge in [0, 0.05) is 39.5 Å². The highest BCUT2D eigenvalue weighted by molar-refractivity contribution is 4.76. The Morgan fingerprint density at radius 1 is 1.20 bits per heavy atom. The summed E-state index contributed by atoms with van der Waals surface area (Å²) in [6.45, 7) is 7.63. The first-order valence-electron chi connectivity index (χ1n) is 8.41. The summed E-state index contributed by atoms with van der Waals surface area (Å²) >= 11 is 0. The van der Waals surface area contributed by atoms with Gasteiger partial charge in [-0.15, -0.1) is 0 Å². The van der Waals surface area contributed by atoms with E-state index in [4.69, 9.17) is 9.47 Å². The molecule has 2 fully saturated rings. The Hall–Kier alpha value is -0.160. The van der Waals surface area contributed by atoms with Crippen LogP contribution in [0.2, 0.25) is 0 Å². The predicted molar refractivity (Wildman–Crippen MR) is 82.1 cm³/mol. The van der Waals surface area contributed by atoms with Gasteiger partial charge in [0.2, 0.25) is 0 Å². The first-order chi connectivity index (χ1) is 9.88. The fourth-order valence-electron chi connectivity index (χ4n) is 3.37. The zero-order valence-corrected chi connectivity index (χ0v) is 13.1. The molecule has 0 aliphatic carbocycles. The van der Waals surface area contributed by atoms with E-state index >= 15 is 0 Å². The van der Waals surface area contributed by atoms with Gasteiger partial charge in [0.1, 0.15) is 0 Å². The number of likely N-dealkylation sites (tertiary alicyclic amines) is 1. The van der Waals surface area contributed by atoms with Gasteiger partial charge in [-0.05, 0) is 57.5 Å². The molecule has 0 aromatic heterocycles. The van der Waals surface area contributed by atoms with Gasteiger partial charge in [-0.1, -0.05) is 0 Å². The van der Waals surface area contributed by atoms with Crippen LogP contribution < -0.4 is 5.32 Å². The summed E-state index contributed by atoms with van der Waals surface area (Å²) in [5.74, 6) is 0.752. The van der Waals surface area contributed by atoms with Crippen molar-refractivity contribution in [1.29, 1.82) is 0 Å². The molecule has 2 rings (SSSR count). The molecule has 2 aliphatic heterocycles. The molecular weight excluding hydrogens is 252 g/mol. The van der Waals surface area contributed by atoms with Crippen LogP contribution in [0.5, 0.6) is 0 Å². The third-order valence-electron chi connectivity index (χ3n) is 4.55. The number of nitrogens with zero attached hydrogens (tertiary/aromatic N) is 1. The normalized spacial score (nSPS) is 27.4. The summed E-state index contributed by atoms with van der Waals surface area (Å²) in [5, 5.41) is 3.55. The lowest BCUT2D eigenvalue weighted by Gasteiger charge is -2.16. The van der Waals surface area contributed by atoms with Gasteiger partial charge < -0.3 is 19.7 Å². The first-order valence-corrected chi connectivity index (χ1v) is 8.41. The number of nitrogens with one attached hydrogen (secondary N) is 1. The number of rotatable bonds is 10. The van der Waals surface area contributed by atoms with Crippen LogP contribution in [0.4, 0.5) is 0 Å². The Kier molecular flexibility index (Phi) is 7.88. The molecule has 0 saturated carbocycles. The molecule has 4 heteroatoms. The molecule has 0 radical (unpaired) electrons. The number of methoxy groups -OCH3 is 1. The van der Waals surface area contributed by atoms with Crippen LogP contribution in [0.25, 0.3) is 0 Å². The van der Waals surface area contributed by atoms with Crippen molar-refractivity contribution in [2.45, 2.75) is 44.6 Å². The molecular formula is C16H32N2O2. The van der Waals surface area contributed by atoms with Crippen LogP contribution >= 0.6 is 0 Å². The van der Waals surface area contributed by atoms with Crippen molar-refractivity contribution in [3.05, 3.63) is 0 Å². The van der Waals surface area contributed by atoms with Gasteiger partial charge in [0.25, 0.3) is 0 Å². The second-order valence-corrected chi connectivity index (χ2v) is 6.31. The summed E-state index contributed by atoms with van der Waals surface area (Å²) in [7, 11) is 1.78. The topological polar surface area (TPSA) is 33.7 Å². The second kappa shape index (κ2) is 9.72. The van der Waals surface area contributed by atoms with Crippen molar-refractivity contribution in [2.75, 3.05) is 53.1 Å². The van der Waals surface area contributed by atoms with Crippen LogP contribution in [-0.4, -0.2) is 64.1 Å². The first kappa shape index (κ1) is 16.2. The predicted octanol–water partition coefficient (Wildman–Crippen LogP) is 1.89. The molecule has 0 aromatic rings. The molecule has 0 spiro atoms. The Balaban J connectivity index is 1.42. The largest absolute Gasteiger partial charge is 0.385 e. The van der Waals surface area contributed by atoms with Gasteiger partial charge in [-0.2, -0.15) is 0 Å². The molecule has 2 saturated heterocycles. The van der Waals surface area contributed by atoms with Crippen molar-refractivity contribution < 1.29 is 9.47 Å². The highest BCUT2D eigenvalue weighted by Crippen LogP contribution is 2.17. The van der Waals surface area contributed by atoms with Crippen molar-refractivity contribution in [3.8, 4) is 0 Å². The standard InChI is InChI=1S/C16H32N2O2/c1-19-11-4-9-18-10-7-15(13-18)14-20-12-3-6-16-5-2-8-17-16/h15-17H,2-14H2,1H3. The maximum Gasteiger partial charge on any atom is 0.0506 e. The minimum absolute atomic E-state index is 0.752. The quantitative estimate of drug-likeness (QED) is 0.621. The SMILES string of the molecule is COCCCN1CCC(COCCCC2CCCN2)C1. The lowest BCUT2D eigenvalue weighted by atomic mass is 10.1. The third kappa shape index (κ3) is 6.08. The molecule has 118 valence electrons. The Labute approximate surface area is 124 Å². The summed E-state index contributed by atoms with van der Waals surface area (Å²) in [6.07, 6.45) is 7.66. The fourth-order valence-corrected chi connectivity index (χ4v) is 3.37.